The zero-order valence-corrected chi connectivity index (χ0v) is 12.8. The Hall–Kier alpha value is -2.63. The molecule has 1 heterocycles. The van der Waals surface area contributed by atoms with Crippen LogP contribution in [0.1, 0.15) is 39.8 Å². The summed E-state index contributed by atoms with van der Waals surface area (Å²) in [6.45, 7) is 3.00. The molecule has 0 radical (unpaired) electrons. The summed E-state index contributed by atoms with van der Waals surface area (Å²) in [7, 11) is 1.82. The van der Waals surface area contributed by atoms with Gasteiger partial charge in [-0.05, 0) is 30.7 Å². The Morgan fingerprint density at radius 3 is 2.41 bits per heavy atom. The molecular formula is C16H20N4O2. The number of amides is 2. The van der Waals surface area contributed by atoms with Crippen molar-refractivity contribution in [1.29, 1.82) is 0 Å². The minimum Gasteiger partial charge on any atom is -0.352 e. The number of carbonyl (C=O) groups is 2. The SMILES string of the molecule is CCCNC(=O)c1cccc(C(=O)NCc2ccnn2C)c1. The highest BCUT2D eigenvalue weighted by Gasteiger charge is 2.10. The maximum Gasteiger partial charge on any atom is 0.251 e. The monoisotopic (exact) mass is 300 g/mol. The van der Waals surface area contributed by atoms with Crippen LogP contribution in [-0.4, -0.2) is 28.1 Å². The Kier molecular flexibility index (Phi) is 5.30. The molecule has 1 aromatic carbocycles. The van der Waals surface area contributed by atoms with Crippen LogP contribution in [0.15, 0.2) is 36.5 Å². The standard InChI is InChI=1S/C16H20N4O2/c1-3-8-17-15(21)12-5-4-6-13(10-12)16(22)18-11-14-7-9-19-20(14)2/h4-7,9-10H,3,8,11H2,1-2H3,(H,17,21)(H,18,22). The second kappa shape index (κ2) is 7.40. The summed E-state index contributed by atoms with van der Waals surface area (Å²) in [5, 5.41) is 9.66. The Morgan fingerprint density at radius 1 is 1.14 bits per heavy atom. The van der Waals surface area contributed by atoms with Crippen LogP contribution < -0.4 is 10.6 Å². The summed E-state index contributed by atoms with van der Waals surface area (Å²) >= 11 is 0. The van der Waals surface area contributed by atoms with Crippen molar-refractivity contribution in [3.8, 4) is 0 Å². The van der Waals surface area contributed by atoms with Crippen LogP contribution >= 0.6 is 0 Å². The number of aryl methyl sites for hydroxylation is 1. The summed E-state index contributed by atoms with van der Waals surface area (Å²) in [6, 6.07) is 8.54. The van der Waals surface area contributed by atoms with Gasteiger partial charge in [0.05, 0.1) is 12.2 Å². The number of carbonyl (C=O) groups excluding carboxylic acids is 2. The number of nitrogens with zero attached hydrogens (tertiary/aromatic N) is 2. The number of benzene rings is 1. The average Bonchev–Trinajstić information content (AvgIpc) is 2.95. The van der Waals surface area contributed by atoms with Gasteiger partial charge in [-0.1, -0.05) is 13.0 Å². The van der Waals surface area contributed by atoms with E-state index in [4.69, 9.17) is 0 Å². The molecule has 0 bridgehead atoms. The fourth-order valence-corrected chi connectivity index (χ4v) is 1.99. The summed E-state index contributed by atoms with van der Waals surface area (Å²) in [5.41, 5.74) is 1.86. The molecule has 0 saturated carbocycles. The van der Waals surface area contributed by atoms with E-state index < -0.39 is 0 Å². The molecule has 6 nitrogen and oxygen atoms in total. The first-order chi connectivity index (χ1) is 10.6. The first kappa shape index (κ1) is 15.8. The molecule has 0 atom stereocenters. The first-order valence-corrected chi connectivity index (χ1v) is 7.25. The molecule has 6 heteroatoms. The number of aromatic nitrogens is 2. The van der Waals surface area contributed by atoms with E-state index in [0.29, 0.717) is 24.2 Å². The predicted molar refractivity (Wildman–Crippen MR) is 83.4 cm³/mol. The highest BCUT2D eigenvalue weighted by molar-refractivity contribution is 5.99. The summed E-state index contributed by atoms with van der Waals surface area (Å²) < 4.78 is 1.70. The third kappa shape index (κ3) is 3.94. The lowest BCUT2D eigenvalue weighted by Crippen LogP contribution is -2.26. The quantitative estimate of drug-likeness (QED) is 0.848. The van der Waals surface area contributed by atoms with Crippen molar-refractivity contribution >= 4 is 11.8 Å². The van der Waals surface area contributed by atoms with E-state index >= 15 is 0 Å². The molecular weight excluding hydrogens is 280 g/mol. The van der Waals surface area contributed by atoms with Crippen LogP contribution in [0.25, 0.3) is 0 Å². The maximum absolute atomic E-state index is 12.2. The molecule has 2 aromatic rings. The van der Waals surface area contributed by atoms with Gasteiger partial charge >= 0.3 is 0 Å². The van der Waals surface area contributed by atoms with E-state index in [1.165, 1.54) is 0 Å². The smallest absolute Gasteiger partial charge is 0.251 e. The van der Waals surface area contributed by atoms with Gasteiger partial charge < -0.3 is 10.6 Å². The van der Waals surface area contributed by atoms with E-state index in [2.05, 4.69) is 15.7 Å². The zero-order chi connectivity index (χ0) is 15.9. The second-order valence-corrected chi connectivity index (χ2v) is 4.97. The molecule has 2 amide bonds. The van der Waals surface area contributed by atoms with Crippen molar-refractivity contribution in [2.24, 2.45) is 7.05 Å². The van der Waals surface area contributed by atoms with Crippen LogP contribution in [0.3, 0.4) is 0 Å². The van der Waals surface area contributed by atoms with E-state index in [9.17, 15) is 9.59 Å². The Labute approximate surface area is 129 Å². The molecule has 0 fully saturated rings. The fraction of sp³-hybridized carbons (Fsp3) is 0.312. The second-order valence-electron chi connectivity index (χ2n) is 4.97. The van der Waals surface area contributed by atoms with Crippen molar-refractivity contribution in [3.05, 3.63) is 53.3 Å². The molecule has 2 rings (SSSR count). The number of hydrogen-bond acceptors (Lipinski definition) is 3. The minimum atomic E-state index is -0.216. The van der Waals surface area contributed by atoms with Crippen LogP contribution in [0, 0.1) is 0 Å². The highest BCUT2D eigenvalue weighted by Crippen LogP contribution is 2.06. The summed E-state index contributed by atoms with van der Waals surface area (Å²) in [5.74, 6) is -0.380. The van der Waals surface area contributed by atoms with Crippen LogP contribution in [-0.2, 0) is 13.6 Å². The largest absolute Gasteiger partial charge is 0.352 e. The number of hydrogen-bond donors (Lipinski definition) is 2. The molecule has 0 unspecified atom stereocenters. The average molecular weight is 300 g/mol. The van der Waals surface area contributed by atoms with Crippen molar-refractivity contribution < 1.29 is 9.59 Å². The van der Waals surface area contributed by atoms with Gasteiger partial charge in [0.1, 0.15) is 0 Å². The molecule has 22 heavy (non-hydrogen) atoms. The van der Waals surface area contributed by atoms with E-state index in [1.807, 2.05) is 20.0 Å². The van der Waals surface area contributed by atoms with Crippen molar-refractivity contribution in [1.82, 2.24) is 20.4 Å². The van der Waals surface area contributed by atoms with Gasteiger partial charge in [0.25, 0.3) is 11.8 Å². The predicted octanol–water partition coefficient (Wildman–Crippen LogP) is 1.49. The summed E-state index contributed by atoms with van der Waals surface area (Å²) in [4.78, 5) is 24.1. The molecule has 0 saturated heterocycles. The number of rotatable bonds is 6. The van der Waals surface area contributed by atoms with Crippen LogP contribution in [0.5, 0.6) is 0 Å². The number of nitrogens with one attached hydrogen (secondary N) is 2. The normalized spacial score (nSPS) is 10.3. The molecule has 2 N–H and O–H groups in total. The maximum atomic E-state index is 12.2. The Balaban J connectivity index is 2.01. The van der Waals surface area contributed by atoms with Gasteiger partial charge in [0.2, 0.25) is 0 Å². The fourth-order valence-electron chi connectivity index (χ4n) is 1.99. The van der Waals surface area contributed by atoms with Crippen molar-refractivity contribution in [3.63, 3.8) is 0 Å². The Bertz CT molecular complexity index is 664. The molecule has 0 aliphatic carbocycles. The molecule has 116 valence electrons. The molecule has 0 aliphatic heterocycles. The van der Waals surface area contributed by atoms with Gasteiger partial charge in [0, 0.05) is 30.9 Å². The third-order valence-electron chi connectivity index (χ3n) is 3.28. The van der Waals surface area contributed by atoms with E-state index in [1.54, 1.807) is 35.1 Å². The molecule has 0 aliphatic rings. The lowest BCUT2D eigenvalue weighted by Gasteiger charge is -2.08. The lowest BCUT2D eigenvalue weighted by molar-refractivity contribution is 0.0950. The Morgan fingerprint density at radius 2 is 1.82 bits per heavy atom. The van der Waals surface area contributed by atoms with Gasteiger partial charge in [-0.2, -0.15) is 5.10 Å². The summed E-state index contributed by atoms with van der Waals surface area (Å²) in [6.07, 6.45) is 2.55. The minimum absolute atomic E-state index is 0.164. The zero-order valence-electron chi connectivity index (χ0n) is 12.8. The van der Waals surface area contributed by atoms with Gasteiger partial charge in [-0.3, -0.25) is 14.3 Å². The third-order valence-corrected chi connectivity index (χ3v) is 3.28. The van der Waals surface area contributed by atoms with E-state index in [-0.39, 0.29) is 11.8 Å². The molecule has 1 aromatic heterocycles. The first-order valence-electron chi connectivity index (χ1n) is 7.25. The molecule has 0 spiro atoms. The topological polar surface area (TPSA) is 76.0 Å². The van der Waals surface area contributed by atoms with Crippen molar-refractivity contribution in [2.45, 2.75) is 19.9 Å². The van der Waals surface area contributed by atoms with Crippen LogP contribution in [0.4, 0.5) is 0 Å². The van der Waals surface area contributed by atoms with Gasteiger partial charge in [-0.15, -0.1) is 0 Å². The lowest BCUT2D eigenvalue weighted by atomic mass is 10.1. The van der Waals surface area contributed by atoms with Gasteiger partial charge in [-0.25, -0.2) is 0 Å². The highest BCUT2D eigenvalue weighted by atomic mass is 16.2. The van der Waals surface area contributed by atoms with Crippen LogP contribution in [0.2, 0.25) is 0 Å². The van der Waals surface area contributed by atoms with E-state index in [0.717, 1.165) is 12.1 Å². The van der Waals surface area contributed by atoms with Crippen molar-refractivity contribution in [2.75, 3.05) is 6.54 Å². The van der Waals surface area contributed by atoms with Gasteiger partial charge in [0.15, 0.2) is 0 Å².